The van der Waals surface area contributed by atoms with Gasteiger partial charge in [-0.1, -0.05) is 36.4 Å². The molecule has 0 saturated carbocycles. The third kappa shape index (κ3) is 3.77. The Bertz CT molecular complexity index is 1220. The minimum Gasteiger partial charge on any atom is -0.361 e. The number of hydrogen-bond donors (Lipinski definition) is 2. The number of aromatic amines is 1. The van der Waals surface area contributed by atoms with E-state index >= 15 is 0 Å². The number of carbonyl (C=O) groups excluding carboxylic acids is 3. The number of hydrogen-bond acceptors (Lipinski definition) is 3. The Hall–Kier alpha value is -3.61. The molecule has 1 aromatic heterocycles. The SMILES string of the molecule is CN1C(=O)c2ccccc2[C@@H](C(=O)NCCCN2CCCC2=O)C1c1c[nH]c2ccccc12. The summed E-state index contributed by atoms with van der Waals surface area (Å²) < 4.78 is 0. The highest BCUT2D eigenvalue weighted by molar-refractivity contribution is 6.02. The molecule has 33 heavy (non-hydrogen) atoms. The zero-order valence-corrected chi connectivity index (χ0v) is 18.7. The van der Waals surface area contributed by atoms with Crippen molar-refractivity contribution >= 4 is 28.6 Å². The molecule has 2 aromatic carbocycles. The first-order valence-corrected chi connectivity index (χ1v) is 11.5. The van der Waals surface area contributed by atoms with Crippen molar-refractivity contribution in [3.05, 3.63) is 71.4 Å². The molecular weight excluding hydrogens is 416 g/mol. The zero-order valence-electron chi connectivity index (χ0n) is 18.7. The fourth-order valence-corrected chi connectivity index (χ4v) is 5.22. The number of rotatable bonds is 6. The van der Waals surface area contributed by atoms with Gasteiger partial charge in [-0.25, -0.2) is 0 Å². The van der Waals surface area contributed by atoms with Crippen molar-refractivity contribution < 1.29 is 14.4 Å². The van der Waals surface area contributed by atoms with Gasteiger partial charge in [0.2, 0.25) is 11.8 Å². The van der Waals surface area contributed by atoms with Crippen LogP contribution in [-0.2, 0) is 9.59 Å². The molecule has 0 spiro atoms. The number of benzene rings is 2. The number of amides is 3. The Balaban J connectivity index is 1.43. The Morgan fingerprint density at radius 3 is 2.70 bits per heavy atom. The van der Waals surface area contributed by atoms with Gasteiger partial charge in [-0.15, -0.1) is 0 Å². The molecule has 7 heteroatoms. The second-order valence-electron chi connectivity index (χ2n) is 8.84. The predicted octanol–water partition coefficient (Wildman–Crippen LogP) is 3.21. The van der Waals surface area contributed by atoms with Crippen molar-refractivity contribution in [3.63, 3.8) is 0 Å². The van der Waals surface area contributed by atoms with E-state index in [1.807, 2.05) is 53.6 Å². The number of H-pyrrole nitrogens is 1. The first-order valence-electron chi connectivity index (χ1n) is 11.5. The lowest BCUT2D eigenvalue weighted by Gasteiger charge is -2.39. The van der Waals surface area contributed by atoms with Gasteiger partial charge < -0.3 is 20.1 Å². The molecule has 5 rings (SSSR count). The number of carbonyl (C=O) groups is 3. The number of nitrogens with zero attached hydrogens (tertiary/aromatic N) is 2. The molecule has 0 radical (unpaired) electrons. The van der Waals surface area contributed by atoms with Crippen LogP contribution in [0, 0.1) is 0 Å². The Labute approximate surface area is 192 Å². The largest absolute Gasteiger partial charge is 0.361 e. The molecule has 2 N–H and O–H groups in total. The van der Waals surface area contributed by atoms with E-state index in [-0.39, 0.29) is 17.7 Å². The van der Waals surface area contributed by atoms with E-state index < -0.39 is 12.0 Å². The van der Waals surface area contributed by atoms with Crippen molar-refractivity contribution in [2.75, 3.05) is 26.7 Å². The van der Waals surface area contributed by atoms with Crippen LogP contribution < -0.4 is 5.32 Å². The van der Waals surface area contributed by atoms with Gasteiger partial charge in [-0.05, 0) is 30.5 Å². The number of likely N-dealkylation sites (tertiary alicyclic amines) is 1. The van der Waals surface area contributed by atoms with Crippen LogP contribution in [0.3, 0.4) is 0 Å². The number of aromatic nitrogens is 1. The second-order valence-corrected chi connectivity index (χ2v) is 8.84. The summed E-state index contributed by atoms with van der Waals surface area (Å²) in [6.45, 7) is 1.95. The van der Waals surface area contributed by atoms with Crippen LogP contribution in [0.2, 0.25) is 0 Å². The molecule has 2 atom stereocenters. The summed E-state index contributed by atoms with van der Waals surface area (Å²) in [5.41, 5.74) is 3.22. The zero-order chi connectivity index (χ0) is 22.9. The van der Waals surface area contributed by atoms with E-state index in [2.05, 4.69) is 10.3 Å². The fourth-order valence-electron chi connectivity index (χ4n) is 5.22. The Morgan fingerprint density at radius 2 is 1.88 bits per heavy atom. The van der Waals surface area contributed by atoms with E-state index in [4.69, 9.17) is 0 Å². The van der Waals surface area contributed by atoms with Gasteiger partial charge in [0.15, 0.2) is 0 Å². The minimum absolute atomic E-state index is 0.0857. The molecule has 0 bridgehead atoms. The number of fused-ring (bicyclic) bond motifs is 2. The van der Waals surface area contributed by atoms with Gasteiger partial charge in [0.1, 0.15) is 0 Å². The summed E-state index contributed by atoms with van der Waals surface area (Å²) in [4.78, 5) is 45.5. The summed E-state index contributed by atoms with van der Waals surface area (Å²) >= 11 is 0. The van der Waals surface area contributed by atoms with Crippen molar-refractivity contribution in [2.24, 2.45) is 0 Å². The molecule has 0 aliphatic carbocycles. The van der Waals surface area contributed by atoms with E-state index in [1.54, 1.807) is 18.0 Å². The summed E-state index contributed by atoms with van der Waals surface area (Å²) in [6.07, 6.45) is 4.15. The standard InChI is InChI=1S/C26H28N4O3/c1-29-24(20-16-28-21-11-5-4-8-17(20)21)23(18-9-2-3-10-19(18)26(29)33)25(32)27-13-7-15-30-14-6-12-22(30)31/h2-5,8-11,16,23-24,28H,6-7,12-15H2,1H3,(H,27,32)/t23-,24?/m1/s1. The molecular formula is C26H28N4O3. The van der Waals surface area contributed by atoms with Gasteiger partial charge in [0.25, 0.3) is 5.91 Å². The van der Waals surface area contributed by atoms with E-state index in [0.717, 1.165) is 35.0 Å². The van der Waals surface area contributed by atoms with Crippen LogP contribution in [0.15, 0.2) is 54.7 Å². The van der Waals surface area contributed by atoms with Crippen LogP contribution in [0.4, 0.5) is 0 Å². The molecule has 1 unspecified atom stereocenters. The molecule has 2 aliphatic heterocycles. The van der Waals surface area contributed by atoms with Crippen molar-refractivity contribution in [2.45, 2.75) is 31.2 Å². The van der Waals surface area contributed by atoms with Crippen molar-refractivity contribution in [1.29, 1.82) is 0 Å². The van der Waals surface area contributed by atoms with Gasteiger partial charge in [0.05, 0.1) is 12.0 Å². The average Bonchev–Trinajstić information content (AvgIpc) is 3.44. The molecule has 3 amide bonds. The molecule has 1 fully saturated rings. The third-order valence-corrected chi connectivity index (χ3v) is 6.88. The first-order chi connectivity index (χ1) is 16.1. The number of para-hydroxylation sites is 1. The van der Waals surface area contributed by atoms with Crippen molar-refractivity contribution in [1.82, 2.24) is 20.1 Å². The number of likely N-dealkylation sites (N-methyl/N-ethyl adjacent to an activating group) is 1. The van der Waals surface area contributed by atoms with E-state index in [9.17, 15) is 14.4 Å². The summed E-state index contributed by atoms with van der Waals surface area (Å²) in [6, 6.07) is 14.9. The molecule has 1 saturated heterocycles. The molecule has 2 aliphatic rings. The van der Waals surface area contributed by atoms with Crippen molar-refractivity contribution in [3.8, 4) is 0 Å². The lowest BCUT2D eigenvalue weighted by Crippen LogP contribution is -2.46. The predicted molar refractivity (Wildman–Crippen MR) is 126 cm³/mol. The van der Waals surface area contributed by atoms with Crippen LogP contribution in [0.25, 0.3) is 10.9 Å². The highest BCUT2D eigenvalue weighted by atomic mass is 16.2. The van der Waals surface area contributed by atoms with Gasteiger partial charge in [-0.2, -0.15) is 0 Å². The molecule has 3 aromatic rings. The first kappa shape index (κ1) is 21.2. The van der Waals surface area contributed by atoms with Crippen LogP contribution >= 0.6 is 0 Å². The lowest BCUT2D eigenvalue weighted by molar-refractivity contribution is -0.127. The fraction of sp³-hybridized carbons (Fsp3) is 0.346. The Kier molecular flexibility index (Phi) is 5.62. The van der Waals surface area contributed by atoms with Crippen LogP contribution in [-0.4, -0.2) is 59.2 Å². The third-order valence-electron chi connectivity index (χ3n) is 6.88. The lowest BCUT2D eigenvalue weighted by atomic mass is 9.79. The normalized spacial score (nSPS) is 20.4. The average molecular weight is 445 g/mol. The maximum absolute atomic E-state index is 13.6. The summed E-state index contributed by atoms with van der Waals surface area (Å²) in [5.74, 6) is -0.527. The Morgan fingerprint density at radius 1 is 1.09 bits per heavy atom. The monoisotopic (exact) mass is 444 g/mol. The molecule has 170 valence electrons. The van der Waals surface area contributed by atoms with E-state index in [1.165, 1.54) is 0 Å². The smallest absolute Gasteiger partial charge is 0.254 e. The quantitative estimate of drug-likeness (QED) is 0.573. The maximum atomic E-state index is 13.6. The maximum Gasteiger partial charge on any atom is 0.254 e. The minimum atomic E-state index is -0.531. The molecule has 3 heterocycles. The highest BCUT2D eigenvalue weighted by Gasteiger charge is 2.43. The van der Waals surface area contributed by atoms with Gasteiger partial charge in [-0.3, -0.25) is 14.4 Å². The second kappa shape index (κ2) is 8.73. The van der Waals surface area contributed by atoms with Crippen LogP contribution in [0.1, 0.15) is 52.7 Å². The van der Waals surface area contributed by atoms with Gasteiger partial charge in [0, 0.05) is 61.3 Å². The molecule has 7 nitrogen and oxygen atoms in total. The van der Waals surface area contributed by atoms with Crippen LogP contribution in [0.5, 0.6) is 0 Å². The topological polar surface area (TPSA) is 85.5 Å². The summed E-state index contributed by atoms with van der Waals surface area (Å²) in [7, 11) is 1.77. The van der Waals surface area contributed by atoms with E-state index in [0.29, 0.717) is 31.5 Å². The highest BCUT2D eigenvalue weighted by Crippen LogP contribution is 2.44. The number of nitrogens with one attached hydrogen (secondary N) is 2. The summed E-state index contributed by atoms with van der Waals surface area (Å²) in [5, 5.41) is 4.09. The van der Waals surface area contributed by atoms with Gasteiger partial charge >= 0.3 is 0 Å².